The number of pyridine rings is 1. The molecular weight excluding hydrogens is 247 g/mol. The van der Waals surface area contributed by atoms with Crippen molar-refractivity contribution in [3.8, 4) is 0 Å². The summed E-state index contributed by atoms with van der Waals surface area (Å²) in [5.74, 6) is -1.16. The molecule has 94 valence electrons. The zero-order chi connectivity index (χ0) is 12.9. The highest BCUT2D eigenvalue weighted by Crippen LogP contribution is 2.00. The van der Waals surface area contributed by atoms with Crippen molar-refractivity contribution in [1.29, 1.82) is 0 Å². The Morgan fingerprint density at radius 3 is 2.82 bits per heavy atom. The molecule has 0 radical (unpaired) electrons. The lowest BCUT2D eigenvalue weighted by molar-refractivity contribution is 0.0953. The molecule has 0 aromatic carbocycles. The molecule has 0 spiro atoms. The zero-order valence-electron chi connectivity index (χ0n) is 9.31. The summed E-state index contributed by atoms with van der Waals surface area (Å²) in [5.41, 5.74) is 0.164. The van der Waals surface area contributed by atoms with E-state index < -0.39 is 21.7 Å². The molecule has 1 N–H and O–H groups in total. The van der Waals surface area contributed by atoms with Gasteiger partial charge in [0, 0.05) is 30.6 Å². The Morgan fingerprint density at radius 1 is 1.53 bits per heavy atom. The molecule has 0 aliphatic heterocycles. The molecule has 0 aliphatic rings. The van der Waals surface area contributed by atoms with Gasteiger partial charge < -0.3 is 5.32 Å². The predicted octanol–water partition coefficient (Wildman–Crippen LogP) is 0.385. The van der Waals surface area contributed by atoms with Gasteiger partial charge in [-0.3, -0.25) is 4.79 Å². The third-order valence-corrected chi connectivity index (χ3v) is 3.00. The van der Waals surface area contributed by atoms with Crippen molar-refractivity contribution in [2.45, 2.75) is 6.42 Å². The summed E-state index contributed by atoms with van der Waals surface area (Å²) in [7, 11) is -3.01. The molecule has 0 unspecified atom stereocenters. The van der Waals surface area contributed by atoms with E-state index in [0.717, 1.165) is 12.3 Å². The van der Waals surface area contributed by atoms with Crippen molar-refractivity contribution in [3.63, 3.8) is 0 Å². The van der Waals surface area contributed by atoms with Crippen LogP contribution in [0.4, 0.5) is 4.39 Å². The minimum absolute atomic E-state index is 0.0119. The number of carbonyl (C=O) groups is 1. The van der Waals surface area contributed by atoms with Crippen LogP contribution < -0.4 is 5.32 Å². The number of sulfone groups is 1. The SMILES string of the molecule is CS(=O)(=O)CCCNC(=O)c1ccnc(F)c1. The van der Waals surface area contributed by atoms with Gasteiger partial charge in [0.1, 0.15) is 9.84 Å². The average molecular weight is 260 g/mol. The van der Waals surface area contributed by atoms with Gasteiger partial charge in [-0.15, -0.1) is 0 Å². The number of nitrogens with one attached hydrogen (secondary N) is 1. The normalized spacial score (nSPS) is 11.2. The third-order valence-electron chi connectivity index (χ3n) is 1.97. The molecule has 0 bridgehead atoms. The van der Waals surface area contributed by atoms with Crippen molar-refractivity contribution in [3.05, 3.63) is 29.8 Å². The van der Waals surface area contributed by atoms with Gasteiger partial charge in [0.05, 0.1) is 5.75 Å². The maximum Gasteiger partial charge on any atom is 0.251 e. The van der Waals surface area contributed by atoms with E-state index in [9.17, 15) is 17.6 Å². The van der Waals surface area contributed by atoms with Crippen molar-refractivity contribution < 1.29 is 17.6 Å². The molecule has 0 atom stereocenters. The summed E-state index contributed by atoms with van der Waals surface area (Å²) in [6.45, 7) is 0.232. The smallest absolute Gasteiger partial charge is 0.251 e. The van der Waals surface area contributed by atoms with Gasteiger partial charge in [0.25, 0.3) is 5.91 Å². The number of amides is 1. The second-order valence-electron chi connectivity index (χ2n) is 3.61. The number of nitrogens with zero attached hydrogens (tertiary/aromatic N) is 1. The standard InChI is InChI=1S/C10H13FN2O3S/c1-17(15,16)6-2-4-13-10(14)8-3-5-12-9(11)7-8/h3,5,7H,2,4,6H2,1H3,(H,13,14). The molecule has 1 aromatic rings. The van der Waals surface area contributed by atoms with Crippen molar-refractivity contribution in [2.75, 3.05) is 18.6 Å². The van der Waals surface area contributed by atoms with Crippen molar-refractivity contribution in [2.24, 2.45) is 0 Å². The van der Waals surface area contributed by atoms with Crippen LogP contribution in [-0.2, 0) is 9.84 Å². The number of hydrogen-bond acceptors (Lipinski definition) is 4. The first-order chi connectivity index (χ1) is 7.88. The fourth-order valence-corrected chi connectivity index (χ4v) is 1.85. The molecule has 1 aromatic heterocycles. The number of carbonyl (C=O) groups excluding carboxylic acids is 1. The number of rotatable bonds is 5. The Balaban J connectivity index is 2.41. The summed E-state index contributed by atoms with van der Waals surface area (Å²) in [6, 6.07) is 2.40. The lowest BCUT2D eigenvalue weighted by atomic mass is 10.2. The largest absolute Gasteiger partial charge is 0.352 e. The maximum atomic E-state index is 12.7. The van der Waals surface area contributed by atoms with Gasteiger partial charge in [0.2, 0.25) is 5.95 Å². The Hall–Kier alpha value is -1.50. The van der Waals surface area contributed by atoms with E-state index in [1.54, 1.807) is 0 Å². The van der Waals surface area contributed by atoms with E-state index in [-0.39, 0.29) is 17.9 Å². The van der Waals surface area contributed by atoms with Crippen LogP contribution in [0.3, 0.4) is 0 Å². The summed E-state index contributed by atoms with van der Waals surface area (Å²) in [6.07, 6.45) is 2.66. The van der Waals surface area contributed by atoms with E-state index >= 15 is 0 Å². The fourth-order valence-electron chi connectivity index (χ4n) is 1.18. The summed E-state index contributed by atoms with van der Waals surface area (Å²) >= 11 is 0. The van der Waals surface area contributed by atoms with Gasteiger partial charge in [-0.25, -0.2) is 13.4 Å². The van der Waals surface area contributed by atoms with E-state index in [1.807, 2.05) is 0 Å². The summed E-state index contributed by atoms with van der Waals surface area (Å²) in [5, 5.41) is 2.50. The topological polar surface area (TPSA) is 76.1 Å². The second kappa shape index (κ2) is 5.72. The van der Waals surface area contributed by atoms with Crippen LogP contribution in [0.15, 0.2) is 18.3 Å². The van der Waals surface area contributed by atoms with Crippen LogP contribution in [-0.4, -0.2) is 37.9 Å². The molecule has 5 nitrogen and oxygen atoms in total. The Bertz CT molecular complexity index is 502. The number of halogens is 1. The maximum absolute atomic E-state index is 12.7. The van der Waals surface area contributed by atoms with Gasteiger partial charge in [0.15, 0.2) is 0 Å². The Morgan fingerprint density at radius 2 is 2.24 bits per heavy atom. The minimum atomic E-state index is -3.01. The van der Waals surface area contributed by atoms with Crippen LogP contribution in [0.25, 0.3) is 0 Å². The summed E-state index contributed by atoms with van der Waals surface area (Å²) < 4.78 is 34.3. The van der Waals surface area contributed by atoms with E-state index in [0.29, 0.717) is 6.42 Å². The van der Waals surface area contributed by atoms with Gasteiger partial charge in [-0.05, 0) is 12.5 Å². The number of aromatic nitrogens is 1. The van der Waals surface area contributed by atoms with E-state index in [1.165, 1.54) is 12.3 Å². The molecule has 0 fully saturated rings. The van der Waals surface area contributed by atoms with Crippen LogP contribution >= 0.6 is 0 Å². The molecule has 1 rings (SSSR count). The van der Waals surface area contributed by atoms with Crippen LogP contribution in [0, 0.1) is 5.95 Å². The van der Waals surface area contributed by atoms with Crippen LogP contribution in [0.1, 0.15) is 16.8 Å². The lowest BCUT2D eigenvalue weighted by Crippen LogP contribution is -2.26. The van der Waals surface area contributed by atoms with Crippen molar-refractivity contribution >= 4 is 15.7 Å². The van der Waals surface area contributed by atoms with E-state index in [2.05, 4.69) is 10.3 Å². The molecule has 1 amide bonds. The molecule has 7 heteroatoms. The molecular formula is C10H13FN2O3S. The molecule has 0 saturated heterocycles. The van der Waals surface area contributed by atoms with Gasteiger partial charge >= 0.3 is 0 Å². The van der Waals surface area contributed by atoms with Crippen LogP contribution in [0.5, 0.6) is 0 Å². The molecule has 0 saturated carbocycles. The lowest BCUT2D eigenvalue weighted by Gasteiger charge is -2.04. The highest BCUT2D eigenvalue weighted by molar-refractivity contribution is 7.90. The fraction of sp³-hybridized carbons (Fsp3) is 0.400. The predicted molar refractivity (Wildman–Crippen MR) is 60.9 cm³/mol. The Kier molecular flexibility index (Phi) is 4.56. The number of hydrogen-bond donors (Lipinski definition) is 1. The molecule has 0 aliphatic carbocycles. The highest BCUT2D eigenvalue weighted by Gasteiger charge is 2.07. The quantitative estimate of drug-likeness (QED) is 0.613. The first-order valence-electron chi connectivity index (χ1n) is 4.96. The summed E-state index contributed by atoms with van der Waals surface area (Å²) in [4.78, 5) is 14.8. The Labute approximate surface area is 99.0 Å². The van der Waals surface area contributed by atoms with Gasteiger partial charge in [-0.1, -0.05) is 0 Å². The average Bonchev–Trinajstić information content (AvgIpc) is 2.23. The van der Waals surface area contributed by atoms with E-state index in [4.69, 9.17) is 0 Å². The monoisotopic (exact) mass is 260 g/mol. The highest BCUT2D eigenvalue weighted by atomic mass is 32.2. The zero-order valence-corrected chi connectivity index (χ0v) is 10.1. The van der Waals surface area contributed by atoms with Crippen LogP contribution in [0.2, 0.25) is 0 Å². The van der Waals surface area contributed by atoms with Gasteiger partial charge in [-0.2, -0.15) is 4.39 Å². The first-order valence-corrected chi connectivity index (χ1v) is 7.02. The molecule has 17 heavy (non-hydrogen) atoms. The minimum Gasteiger partial charge on any atom is -0.352 e. The first kappa shape index (κ1) is 13.6. The third kappa shape index (κ3) is 5.39. The van der Waals surface area contributed by atoms with Crippen molar-refractivity contribution in [1.82, 2.24) is 10.3 Å². The second-order valence-corrected chi connectivity index (χ2v) is 5.87. The molecule has 1 heterocycles.